The zero-order chi connectivity index (χ0) is 33.7. The highest BCUT2D eigenvalue weighted by atomic mass is 32.2. The summed E-state index contributed by atoms with van der Waals surface area (Å²) in [6.45, 7) is 6.47. The van der Waals surface area contributed by atoms with Gasteiger partial charge in [-0.15, -0.1) is 0 Å². The van der Waals surface area contributed by atoms with Crippen LogP contribution >= 0.6 is 0 Å². The van der Waals surface area contributed by atoms with Gasteiger partial charge in [0.05, 0.1) is 49.5 Å². The molecule has 2 aromatic carbocycles. The van der Waals surface area contributed by atoms with Crippen molar-refractivity contribution in [3.63, 3.8) is 0 Å². The van der Waals surface area contributed by atoms with E-state index in [9.17, 15) is 13.2 Å². The molecule has 0 unspecified atom stereocenters. The lowest BCUT2D eigenvalue weighted by Gasteiger charge is -2.34. The van der Waals surface area contributed by atoms with Crippen LogP contribution in [0.3, 0.4) is 0 Å². The van der Waals surface area contributed by atoms with Crippen LogP contribution in [0.2, 0.25) is 0 Å². The van der Waals surface area contributed by atoms with Crippen molar-refractivity contribution >= 4 is 26.7 Å². The van der Waals surface area contributed by atoms with E-state index < -0.39 is 21.9 Å². The molecule has 13 nitrogen and oxygen atoms in total. The fourth-order valence-electron chi connectivity index (χ4n) is 5.54. The lowest BCUT2D eigenvalue weighted by Crippen LogP contribution is -2.44. The molecule has 0 spiro atoms. The van der Waals surface area contributed by atoms with Crippen LogP contribution in [0.15, 0.2) is 71.5 Å². The van der Waals surface area contributed by atoms with E-state index >= 15 is 0 Å². The number of nitrogens with one attached hydrogen (secondary N) is 1. The summed E-state index contributed by atoms with van der Waals surface area (Å²) in [5.41, 5.74) is 4.05. The quantitative estimate of drug-likeness (QED) is 0.204. The van der Waals surface area contributed by atoms with Crippen LogP contribution in [0.5, 0.6) is 5.88 Å². The molecule has 248 valence electrons. The van der Waals surface area contributed by atoms with Crippen molar-refractivity contribution < 1.29 is 37.3 Å². The first-order valence-corrected chi connectivity index (χ1v) is 16.9. The van der Waals surface area contributed by atoms with Crippen LogP contribution in [0.25, 0.3) is 33.5 Å². The van der Waals surface area contributed by atoms with E-state index in [1.807, 2.05) is 12.1 Å². The summed E-state index contributed by atoms with van der Waals surface area (Å²) in [5.74, 6) is 0.158. The topological polar surface area (TPSA) is 181 Å². The maximum absolute atomic E-state index is 11.9. The van der Waals surface area contributed by atoms with Gasteiger partial charge >= 0.3 is 5.97 Å². The Morgan fingerprint density at radius 2 is 1.79 bits per heavy atom. The summed E-state index contributed by atoms with van der Waals surface area (Å²) in [6, 6.07) is 14.0. The highest BCUT2D eigenvalue weighted by Crippen LogP contribution is 2.34. The monoisotopic (exact) mass is 663 g/mol. The first-order chi connectivity index (χ1) is 22.4. The summed E-state index contributed by atoms with van der Waals surface area (Å²) < 4.78 is 41.2. The van der Waals surface area contributed by atoms with Gasteiger partial charge in [-0.25, -0.2) is 23.2 Å². The number of nitrogens with zero attached hydrogens (tertiary/aromatic N) is 4. The van der Waals surface area contributed by atoms with E-state index in [2.05, 4.69) is 38.9 Å². The number of rotatable bonds is 9. The van der Waals surface area contributed by atoms with Gasteiger partial charge in [0, 0.05) is 47.6 Å². The molecule has 3 aromatic heterocycles. The number of aromatic amines is 1. The SMILES string of the molecule is COc1ncc(-c2cc(-c3ncc(CN4C[C@@H](C)O[C@@H](C)C4)o3)c3cn[nH]c3c2)cc1CS(C)(=O)=O.O=C(O)[C@H](O)c1ccccc1. The van der Waals surface area contributed by atoms with Crippen LogP contribution < -0.4 is 4.74 Å². The minimum Gasteiger partial charge on any atom is -0.481 e. The zero-order valence-corrected chi connectivity index (χ0v) is 27.3. The second-order valence-corrected chi connectivity index (χ2v) is 13.7. The maximum atomic E-state index is 11.9. The number of H-pyrrole nitrogens is 1. The minimum absolute atomic E-state index is 0.169. The van der Waals surface area contributed by atoms with E-state index in [0.717, 1.165) is 46.4 Å². The Balaban J connectivity index is 0.000000335. The Kier molecular flexibility index (Phi) is 10.3. The van der Waals surface area contributed by atoms with Crippen molar-refractivity contribution in [1.82, 2.24) is 25.1 Å². The van der Waals surface area contributed by atoms with E-state index in [1.54, 1.807) is 55.0 Å². The lowest BCUT2D eigenvalue weighted by molar-refractivity contribution is -0.146. The number of sulfone groups is 1. The number of aliphatic carboxylic acids is 1. The molecule has 5 aromatic rings. The fraction of sp³-hybridized carbons (Fsp3) is 0.333. The molecular formula is C33H37N5O8S. The number of carboxylic acid groups (broad SMARTS) is 1. The lowest BCUT2D eigenvalue weighted by atomic mass is 10.0. The summed E-state index contributed by atoms with van der Waals surface area (Å²) >= 11 is 0. The number of fused-ring (bicyclic) bond motifs is 1. The molecule has 1 saturated heterocycles. The number of aliphatic hydroxyl groups is 1. The van der Waals surface area contributed by atoms with Crippen LogP contribution in [0.4, 0.5) is 0 Å². The number of benzene rings is 2. The fourth-order valence-corrected chi connectivity index (χ4v) is 6.31. The van der Waals surface area contributed by atoms with Crippen molar-refractivity contribution in [3.8, 4) is 28.5 Å². The van der Waals surface area contributed by atoms with E-state index in [0.29, 0.717) is 23.6 Å². The number of aromatic nitrogens is 4. The second kappa shape index (κ2) is 14.4. The van der Waals surface area contributed by atoms with Crippen molar-refractivity contribution in [2.45, 2.75) is 44.5 Å². The number of carbonyl (C=O) groups is 1. The van der Waals surface area contributed by atoms with E-state index in [1.165, 1.54) is 13.4 Å². The molecule has 3 atom stereocenters. The molecule has 0 radical (unpaired) electrons. The molecule has 4 heterocycles. The Bertz CT molecular complexity index is 1930. The predicted octanol–water partition coefficient (Wildman–Crippen LogP) is 4.25. The van der Waals surface area contributed by atoms with Gasteiger partial charge in [-0.05, 0) is 43.2 Å². The number of aliphatic hydroxyl groups excluding tert-OH is 1. The van der Waals surface area contributed by atoms with Gasteiger partial charge < -0.3 is 24.1 Å². The molecule has 1 fully saturated rings. The van der Waals surface area contributed by atoms with Crippen molar-refractivity contribution in [1.29, 1.82) is 0 Å². The third-order valence-corrected chi connectivity index (χ3v) is 8.27. The number of morpholine rings is 1. The van der Waals surface area contributed by atoms with Gasteiger partial charge in [-0.2, -0.15) is 5.10 Å². The van der Waals surface area contributed by atoms with Crippen LogP contribution in [0, 0.1) is 0 Å². The summed E-state index contributed by atoms with van der Waals surface area (Å²) in [7, 11) is -1.80. The maximum Gasteiger partial charge on any atom is 0.337 e. The van der Waals surface area contributed by atoms with Crippen LogP contribution in [-0.4, -0.2) is 88.3 Å². The third-order valence-electron chi connectivity index (χ3n) is 7.44. The average molecular weight is 664 g/mol. The Morgan fingerprint density at radius 1 is 1.06 bits per heavy atom. The van der Waals surface area contributed by atoms with Crippen LogP contribution in [0.1, 0.15) is 36.8 Å². The predicted molar refractivity (Wildman–Crippen MR) is 174 cm³/mol. The summed E-state index contributed by atoms with van der Waals surface area (Å²) in [5, 5.41) is 25.5. The molecule has 1 aliphatic rings. The van der Waals surface area contributed by atoms with Gasteiger partial charge in [0.15, 0.2) is 15.9 Å². The average Bonchev–Trinajstić information content (AvgIpc) is 3.69. The number of ether oxygens (including phenoxy) is 2. The molecule has 0 bridgehead atoms. The standard InChI is InChI=1S/C25H29N5O5S.C8H8O3/c1-15-11-30(12-16(2)34-15)13-20-9-27-25(35-20)21-6-17(7-23-22(21)10-28-29-23)18-5-19(14-36(4,31)32)24(33-3)26-8-18;9-7(8(10)11)6-4-2-1-3-5-6/h5-10,15-16H,11-14H2,1-4H3,(H,28,29);1-5,7,9H,(H,10,11)/t15-,16+;7-/m.1/s1. The Morgan fingerprint density at radius 3 is 2.45 bits per heavy atom. The van der Waals surface area contributed by atoms with Gasteiger partial charge in [-0.3, -0.25) is 10.00 Å². The second-order valence-electron chi connectivity index (χ2n) is 11.6. The smallest absolute Gasteiger partial charge is 0.337 e. The van der Waals surface area contributed by atoms with Gasteiger partial charge in [-0.1, -0.05) is 30.3 Å². The number of hydrogen-bond acceptors (Lipinski definition) is 11. The molecule has 0 aliphatic carbocycles. The molecule has 14 heteroatoms. The zero-order valence-electron chi connectivity index (χ0n) is 26.5. The molecular weight excluding hydrogens is 626 g/mol. The highest BCUT2D eigenvalue weighted by molar-refractivity contribution is 7.89. The van der Waals surface area contributed by atoms with Gasteiger partial charge in [0.2, 0.25) is 11.8 Å². The number of oxazole rings is 1. The minimum atomic E-state index is -3.28. The third kappa shape index (κ3) is 8.60. The first kappa shape index (κ1) is 33.7. The van der Waals surface area contributed by atoms with Crippen molar-refractivity contribution in [2.24, 2.45) is 0 Å². The van der Waals surface area contributed by atoms with E-state index in [4.69, 9.17) is 24.1 Å². The molecule has 1 aliphatic heterocycles. The summed E-state index contributed by atoms with van der Waals surface area (Å²) in [4.78, 5) is 21.5. The molecule has 0 amide bonds. The number of pyridine rings is 1. The molecule has 3 N–H and O–H groups in total. The van der Waals surface area contributed by atoms with E-state index in [-0.39, 0.29) is 23.8 Å². The van der Waals surface area contributed by atoms with Crippen molar-refractivity contribution in [3.05, 3.63) is 84.0 Å². The number of hydrogen-bond donors (Lipinski definition) is 3. The Hall–Kier alpha value is -4.63. The van der Waals surface area contributed by atoms with Crippen molar-refractivity contribution in [2.75, 3.05) is 26.5 Å². The molecule has 0 saturated carbocycles. The van der Waals surface area contributed by atoms with Gasteiger partial charge in [0.25, 0.3) is 0 Å². The molecule has 6 rings (SSSR count). The van der Waals surface area contributed by atoms with Crippen LogP contribution in [-0.2, 0) is 31.7 Å². The summed E-state index contributed by atoms with van der Waals surface area (Å²) in [6.07, 6.45) is 5.28. The number of methoxy groups -OCH3 is 1. The molecule has 47 heavy (non-hydrogen) atoms. The highest BCUT2D eigenvalue weighted by Gasteiger charge is 2.24. The normalized spacial score (nSPS) is 17.6. The van der Waals surface area contributed by atoms with Gasteiger partial charge in [0.1, 0.15) is 5.76 Å². The first-order valence-electron chi connectivity index (χ1n) is 14.9. The Labute approximate surface area is 272 Å². The number of carboxylic acids is 1. The largest absolute Gasteiger partial charge is 0.481 e.